The molecule has 1 saturated carbocycles. The molecular weight excluding hydrogens is 435 g/mol. The van der Waals surface area contributed by atoms with Crippen LogP contribution < -0.4 is 5.32 Å². The lowest BCUT2D eigenvalue weighted by Gasteiger charge is -2.33. The molecule has 4 aromatic heterocycles. The predicted molar refractivity (Wildman–Crippen MR) is 117 cm³/mol. The fourth-order valence-corrected chi connectivity index (χ4v) is 4.38. The van der Waals surface area contributed by atoms with Crippen molar-refractivity contribution in [3.05, 3.63) is 36.4 Å². The van der Waals surface area contributed by atoms with Crippen LogP contribution in [0, 0.1) is 6.92 Å². The van der Waals surface area contributed by atoms with E-state index < -0.39 is 18.3 Å². The number of nitrogens with zero attached hydrogens (tertiary/aromatic N) is 6. The Morgan fingerprint density at radius 2 is 1.94 bits per heavy atom. The van der Waals surface area contributed by atoms with Crippen molar-refractivity contribution in [2.45, 2.75) is 63.9 Å². The van der Waals surface area contributed by atoms with Gasteiger partial charge in [-0.1, -0.05) is 0 Å². The highest BCUT2D eigenvalue weighted by molar-refractivity contribution is 5.82. The molecule has 33 heavy (non-hydrogen) atoms. The first kappa shape index (κ1) is 21.6. The average Bonchev–Trinajstić information content (AvgIpc) is 3.29. The summed E-state index contributed by atoms with van der Waals surface area (Å²) >= 11 is 0. The maximum absolute atomic E-state index is 13.0. The van der Waals surface area contributed by atoms with Crippen molar-refractivity contribution >= 4 is 22.6 Å². The molecule has 0 radical (unpaired) electrons. The number of alkyl halides is 3. The zero-order valence-electron chi connectivity index (χ0n) is 18.3. The van der Waals surface area contributed by atoms with E-state index in [2.05, 4.69) is 25.4 Å². The summed E-state index contributed by atoms with van der Waals surface area (Å²) in [5.41, 5.74) is 1.92. The van der Waals surface area contributed by atoms with Gasteiger partial charge in [-0.15, -0.1) is 5.10 Å². The Balaban J connectivity index is 1.44. The Morgan fingerprint density at radius 1 is 1.18 bits per heavy atom. The molecule has 0 unspecified atom stereocenters. The maximum Gasteiger partial charge on any atom is 0.406 e. The van der Waals surface area contributed by atoms with Gasteiger partial charge < -0.3 is 15.0 Å². The molecule has 174 valence electrons. The molecule has 4 heterocycles. The second-order valence-electron chi connectivity index (χ2n) is 8.96. The molecule has 1 aliphatic carbocycles. The Morgan fingerprint density at radius 3 is 2.67 bits per heavy atom. The van der Waals surface area contributed by atoms with Gasteiger partial charge in [0.1, 0.15) is 17.9 Å². The third-order valence-corrected chi connectivity index (χ3v) is 6.21. The van der Waals surface area contributed by atoms with Gasteiger partial charge in [-0.2, -0.15) is 13.2 Å². The van der Waals surface area contributed by atoms with Crippen LogP contribution >= 0.6 is 0 Å². The largest absolute Gasteiger partial charge is 0.406 e. The molecule has 0 aromatic carbocycles. The Bertz CT molecular complexity index is 1320. The van der Waals surface area contributed by atoms with E-state index in [1.54, 1.807) is 29.0 Å². The van der Waals surface area contributed by atoms with Crippen LogP contribution in [0.5, 0.6) is 0 Å². The molecule has 0 saturated heterocycles. The molecule has 11 heteroatoms. The average molecular weight is 459 g/mol. The highest BCUT2D eigenvalue weighted by Crippen LogP contribution is 2.30. The number of fused-ring (bicyclic) bond motifs is 2. The number of aliphatic hydroxyl groups is 1. The predicted octanol–water partition coefficient (Wildman–Crippen LogP) is 4.12. The fraction of sp³-hybridized carbons (Fsp3) is 0.455. The molecule has 0 atom stereocenters. The highest BCUT2D eigenvalue weighted by atomic mass is 19.4. The van der Waals surface area contributed by atoms with Crippen molar-refractivity contribution < 1.29 is 18.3 Å². The summed E-state index contributed by atoms with van der Waals surface area (Å²) in [5.74, 6) is 0.746. The maximum atomic E-state index is 13.0. The van der Waals surface area contributed by atoms with Crippen molar-refractivity contribution in [1.82, 2.24) is 29.1 Å². The normalized spacial score (nSPS) is 21.7. The molecule has 0 spiro atoms. The van der Waals surface area contributed by atoms with Crippen molar-refractivity contribution in [1.29, 1.82) is 0 Å². The van der Waals surface area contributed by atoms with E-state index in [0.29, 0.717) is 22.7 Å². The van der Waals surface area contributed by atoms with Crippen LogP contribution in [0.25, 0.3) is 27.9 Å². The lowest BCUT2D eigenvalue weighted by atomic mass is 9.84. The minimum Gasteiger partial charge on any atom is -0.390 e. The van der Waals surface area contributed by atoms with Crippen LogP contribution in [-0.4, -0.2) is 52.1 Å². The van der Waals surface area contributed by atoms with E-state index in [1.807, 2.05) is 13.0 Å². The van der Waals surface area contributed by atoms with Crippen LogP contribution in [0.1, 0.15) is 38.4 Å². The first-order chi connectivity index (χ1) is 15.6. The Hall–Kier alpha value is -3.21. The standard InChI is InChI=1S/C22H24F3N7O/c1-13-27-17-4-3-16(29-19(17)31(13)12-22(23,24)25)15-7-10-32-18(15)11-26-20(30-32)28-14-5-8-21(2,33)9-6-14/h3-4,7,10-11,14,33H,5-6,8-9,12H2,1-2H3,(H,28,30). The molecule has 2 N–H and O–H groups in total. The summed E-state index contributed by atoms with van der Waals surface area (Å²) in [6, 6.07) is 5.42. The molecule has 5 rings (SSSR count). The van der Waals surface area contributed by atoms with Crippen LogP contribution in [0.3, 0.4) is 0 Å². The second kappa shape index (κ2) is 7.68. The van der Waals surface area contributed by atoms with Gasteiger partial charge in [0.05, 0.1) is 23.0 Å². The van der Waals surface area contributed by atoms with Gasteiger partial charge in [-0.05, 0) is 57.7 Å². The summed E-state index contributed by atoms with van der Waals surface area (Å²) < 4.78 is 41.9. The molecule has 0 amide bonds. The monoisotopic (exact) mass is 459 g/mol. The zero-order valence-corrected chi connectivity index (χ0v) is 18.3. The van der Waals surface area contributed by atoms with E-state index in [4.69, 9.17) is 0 Å². The van der Waals surface area contributed by atoms with Gasteiger partial charge in [-0.3, -0.25) is 0 Å². The van der Waals surface area contributed by atoms with Crippen LogP contribution in [0.4, 0.5) is 19.1 Å². The number of pyridine rings is 1. The van der Waals surface area contributed by atoms with E-state index in [1.165, 1.54) is 6.92 Å². The number of nitrogens with one attached hydrogen (secondary N) is 1. The van der Waals surface area contributed by atoms with E-state index in [-0.39, 0.29) is 17.5 Å². The van der Waals surface area contributed by atoms with Crippen molar-refractivity contribution in [3.8, 4) is 11.3 Å². The third kappa shape index (κ3) is 4.37. The highest BCUT2D eigenvalue weighted by Gasteiger charge is 2.30. The summed E-state index contributed by atoms with van der Waals surface area (Å²) in [6.07, 6.45) is 2.18. The molecule has 1 fully saturated rings. The lowest BCUT2D eigenvalue weighted by Crippen LogP contribution is -2.36. The number of hydrogen-bond donors (Lipinski definition) is 2. The smallest absolute Gasteiger partial charge is 0.390 e. The van der Waals surface area contributed by atoms with Gasteiger partial charge in [0.25, 0.3) is 0 Å². The summed E-state index contributed by atoms with van der Waals surface area (Å²) in [5, 5.41) is 18.0. The van der Waals surface area contributed by atoms with Crippen molar-refractivity contribution in [2.24, 2.45) is 0 Å². The first-order valence-corrected chi connectivity index (χ1v) is 10.8. The number of hydrogen-bond acceptors (Lipinski definition) is 6. The lowest BCUT2D eigenvalue weighted by molar-refractivity contribution is -0.140. The third-order valence-electron chi connectivity index (χ3n) is 6.21. The Kier molecular flexibility index (Phi) is 5.04. The van der Waals surface area contributed by atoms with E-state index in [9.17, 15) is 18.3 Å². The topological polar surface area (TPSA) is 93.2 Å². The van der Waals surface area contributed by atoms with Gasteiger partial charge >= 0.3 is 6.18 Å². The summed E-state index contributed by atoms with van der Waals surface area (Å²) in [7, 11) is 0. The minimum atomic E-state index is -4.37. The fourth-order valence-electron chi connectivity index (χ4n) is 4.38. The summed E-state index contributed by atoms with van der Waals surface area (Å²) in [6.45, 7) is 2.25. The number of aromatic nitrogens is 6. The number of halogens is 3. The quantitative estimate of drug-likeness (QED) is 0.477. The summed E-state index contributed by atoms with van der Waals surface area (Å²) in [4.78, 5) is 13.1. The number of rotatable bonds is 4. The van der Waals surface area contributed by atoms with Crippen LogP contribution in [-0.2, 0) is 6.54 Å². The number of anilines is 1. The van der Waals surface area contributed by atoms with Crippen LogP contribution in [0.2, 0.25) is 0 Å². The second-order valence-corrected chi connectivity index (χ2v) is 8.96. The van der Waals surface area contributed by atoms with Crippen LogP contribution in [0.15, 0.2) is 30.6 Å². The van der Waals surface area contributed by atoms with Gasteiger partial charge in [-0.25, -0.2) is 19.5 Å². The van der Waals surface area contributed by atoms with Gasteiger partial charge in [0.2, 0.25) is 5.95 Å². The van der Waals surface area contributed by atoms with Gasteiger partial charge in [0, 0.05) is 17.8 Å². The molecule has 4 aromatic rings. The Labute approximate surface area is 187 Å². The molecule has 0 bridgehead atoms. The SMILES string of the molecule is Cc1nc2ccc(-c3ccn4nc(NC5CCC(C)(O)CC5)ncc34)nc2n1CC(F)(F)F. The number of aryl methyl sites for hydroxylation is 1. The number of imidazole rings is 1. The minimum absolute atomic E-state index is 0.189. The van der Waals surface area contributed by atoms with E-state index >= 15 is 0 Å². The zero-order chi connectivity index (χ0) is 23.4. The van der Waals surface area contributed by atoms with Crippen molar-refractivity contribution in [2.75, 3.05) is 5.32 Å². The molecule has 0 aliphatic heterocycles. The first-order valence-electron chi connectivity index (χ1n) is 10.8. The molecule has 1 aliphatic rings. The molecule has 8 nitrogen and oxygen atoms in total. The van der Waals surface area contributed by atoms with E-state index in [0.717, 1.165) is 35.8 Å². The van der Waals surface area contributed by atoms with Crippen molar-refractivity contribution in [3.63, 3.8) is 0 Å². The molecular formula is C22H24F3N7O. The van der Waals surface area contributed by atoms with Gasteiger partial charge in [0.15, 0.2) is 5.65 Å².